The third kappa shape index (κ3) is 6.59. The van der Waals surface area contributed by atoms with E-state index in [4.69, 9.17) is 18.9 Å². The standard InChI is InChI=1S/C29H46O7/c1-7-8-9-10-11-15-23(30)34-22-16-17-28(5)26(35-28)25(31)24-21(4)27(32)36-29(24,33-6)18-19(2)13-12-14-20(22)3/h13,20,22,25-26,31H,7-12,14-18H2,1-6H3/b19-13+/t20-,22+,25-,26+,28-,29?/m1/s1. The van der Waals surface area contributed by atoms with E-state index in [0.29, 0.717) is 36.8 Å². The fourth-order valence-corrected chi connectivity index (χ4v) is 5.69. The van der Waals surface area contributed by atoms with Gasteiger partial charge in [0.1, 0.15) is 18.3 Å². The van der Waals surface area contributed by atoms with Gasteiger partial charge in [-0.1, -0.05) is 51.2 Å². The molecule has 3 rings (SSSR count). The van der Waals surface area contributed by atoms with Crippen molar-refractivity contribution in [1.82, 2.24) is 0 Å². The molecule has 1 aliphatic carbocycles. The molecule has 0 spiro atoms. The molecule has 0 saturated carbocycles. The normalized spacial score (nSPS) is 36.8. The monoisotopic (exact) mass is 506 g/mol. The highest BCUT2D eigenvalue weighted by atomic mass is 16.7. The summed E-state index contributed by atoms with van der Waals surface area (Å²) in [5, 5.41) is 11.4. The van der Waals surface area contributed by atoms with Crippen molar-refractivity contribution in [2.24, 2.45) is 5.92 Å². The summed E-state index contributed by atoms with van der Waals surface area (Å²) < 4.78 is 23.5. The zero-order valence-corrected chi connectivity index (χ0v) is 23.1. The average Bonchev–Trinajstić information content (AvgIpc) is 3.44. The summed E-state index contributed by atoms with van der Waals surface area (Å²) in [6.07, 6.45) is 9.67. The van der Waals surface area contributed by atoms with E-state index >= 15 is 0 Å². The number of ether oxygens (including phenoxy) is 4. The molecule has 6 atom stereocenters. The van der Waals surface area contributed by atoms with Gasteiger partial charge >= 0.3 is 11.9 Å². The van der Waals surface area contributed by atoms with Gasteiger partial charge in [-0.15, -0.1) is 0 Å². The molecule has 0 amide bonds. The van der Waals surface area contributed by atoms with Gasteiger partial charge in [-0.05, 0) is 58.8 Å². The molecular weight excluding hydrogens is 460 g/mol. The number of carbonyl (C=O) groups is 2. The number of carbonyl (C=O) groups excluding carboxylic acids is 2. The highest BCUT2D eigenvalue weighted by Gasteiger charge is 2.61. The van der Waals surface area contributed by atoms with Crippen molar-refractivity contribution in [2.75, 3.05) is 7.11 Å². The van der Waals surface area contributed by atoms with Gasteiger partial charge in [0.2, 0.25) is 5.79 Å². The summed E-state index contributed by atoms with van der Waals surface area (Å²) in [6, 6.07) is 0. The molecule has 2 aliphatic heterocycles. The van der Waals surface area contributed by atoms with Crippen LogP contribution in [-0.2, 0) is 28.5 Å². The number of rotatable bonds is 8. The Morgan fingerprint density at radius 1 is 1.19 bits per heavy atom. The van der Waals surface area contributed by atoms with E-state index < -0.39 is 29.6 Å². The second-order valence-corrected chi connectivity index (χ2v) is 11.2. The molecule has 7 nitrogen and oxygen atoms in total. The number of unbranched alkanes of at least 4 members (excludes halogenated alkanes) is 4. The molecule has 1 saturated heterocycles. The average molecular weight is 507 g/mol. The van der Waals surface area contributed by atoms with Crippen molar-refractivity contribution in [1.29, 1.82) is 0 Å². The highest BCUT2D eigenvalue weighted by molar-refractivity contribution is 5.92. The van der Waals surface area contributed by atoms with Crippen molar-refractivity contribution in [3.8, 4) is 0 Å². The van der Waals surface area contributed by atoms with E-state index in [2.05, 4.69) is 19.9 Å². The van der Waals surface area contributed by atoms with E-state index in [1.54, 1.807) is 6.92 Å². The molecule has 1 N–H and O–H groups in total. The number of hydrogen-bond donors (Lipinski definition) is 1. The Bertz CT molecular complexity index is 862. The van der Waals surface area contributed by atoms with Gasteiger partial charge in [0.25, 0.3) is 0 Å². The predicted octanol–water partition coefficient (Wildman–Crippen LogP) is 5.54. The Hall–Kier alpha value is -1.70. The summed E-state index contributed by atoms with van der Waals surface area (Å²) >= 11 is 0. The van der Waals surface area contributed by atoms with Gasteiger partial charge in [0, 0.05) is 31.1 Å². The lowest BCUT2D eigenvalue weighted by Gasteiger charge is -2.32. The molecule has 0 aromatic rings. The van der Waals surface area contributed by atoms with E-state index in [0.717, 1.165) is 37.7 Å². The minimum Gasteiger partial charge on any atom is -0.462 e. The molecule has 7 heteroatoms. The van der Waals surface area contributed by atoms with Crippen molar-refractivity contribution in [3.63, 3.8) is 0 Å². The number of fused-ring (bicyclic) bond motifs is 2. The molecule has 0 aromatic carbocycles. The second-order valence-electron chi connectivity index (χ2n) is 11.2. The fourth-order valence-electron chi connectivity index (χ4n) is 5.69. The first-order valence-corrected chi connectivity index (χ1v) is 13.8. The first-order chi connectivity index (χ1) is 17.1. The third-order valence-corrected chi connectivity index (χ3v) is 8.18. The van der Waals surface area contributed by atoms with Gasteiger partial charge in [-0.3, -0.25) is 4.79 Å². The topological polar surface area (TPSA) is 94.6 Å². The van der Waals surface area contributed by atoms with Crippen LogP contribution in [0.1, 0.15) is 105 Å². The maximum atomic E-state index is 12.6. The van der Waals surface area contributed by atoms with Crippen LogP contribution in [-0.4, -0.2) is 53.9 Å². The summed E-state index contributed by atoms with van der Waals surface area (Å²) in [5.74, 6) is -1.73. The van der Waals surface area contributed by atoms with E-state index in [9.17, 15) is 14.7 Å². The molecule has 204 valence electrons. The minimum atomic E-state index is -1.32. The molecular formula is C29H46O7. The van der Waals surface area contributed by atoms with Crippen LogP contribution in [0.15, 0.2) is 22.8 Å². The van der Waals surface area contributed by atoms with E-state index in [1.807, 2.05) is 13.8 Å². The van der Waals surface area contributed by atoms with Gasteiger partial charge in [0.15, 0.2) is 0 Å². The zero-order chi connectivity index (χ0) is 26.5. The Labute approximate surface area is 216 Å². The predicted molar refractivity (Wildman–Crippen MR) is 137 cm³/mol. The van der Waals surface area contributed by atoms with Crippen LogP contribution < -0.4 is 0 Å². The molecule has 36 heavy (non-hydrogen) atoms. The Morgan fingerprint density at radius 2 is 1.92 bits per heavy atom. The molecule has 0 aromatic heterocycles. The fraction of sp³-hybridized carbons (Fsp3) is 0.793. The third-order valence-electron chi connectivity index (χ3n) is 8.18. The van der Waals surface area contributed by atoms with Gasteiger partial charge < -0.3 is 24.1 Å². The number of allylic oxidation sites excluding steroid dienone is 1. The van der Waals surface area contributed by atoms with Crippen molar-refractivity contribution in [3.05, 3.63) is 22.8 Å². The minimum absolute atomic E-state index is 0.123. The van der Waals surface area contributed by atoms with Crippen LogP contribution in [0.4, 0.5) is 0 Å². The lowest BCUT2D eigenvalue weighted by molar-refractivity contribution is -0.195. The van der Waals surface area contributed by atoms with E-state index in [-0.39, 0.29) is 18.0 Å². The number of esters is 2. The number of aliphatic hydroxyl groups excluding tert-OH is 1. The van der Waals surface area contributed by atoms with Crippen LogP contribution in [0.3, 0.4) is 0 Å². The molecule has 3 aliphatic rings. The lowest BCUT2D eigenvalue weighted by Crippen LogP contribution is -2.41. The van der Waals surface area contributed by atoms with Crippen molar-refractivity contribution >= 4 is 11.9 Å². The number of methoxy groups -OCH3 is 1. The van der Waals surface area contributed by atoms with Gasteiger partial charge in [-0.2, -0.15) is 0 Å². The van der Waals surface area contributed by atoms with Crippen LogP contribution in [0.5, 0.6) is 0 Å². The lowest BCUT2D eigenvalue weighted by atomic mass is 9.84. The van der Waals surface area contributed by atoms with Crippen LogP contribution in [0, 0.1) is 5.92 Å². The first-order valence-electron chi connectivity index (χ1n) is 13.8. The summed E-state index contributed by atoms with van der Waals surface area (Å²) in [7, 11) is 1.51. The van der Waals surface area contributed by atoms with Crippen molar-refractivity contribution in [2.45, 2.75) is 135 Å². The van der Waals surface area contributed by atoms with Crippen LogP contribution in [0.2, 0.25) is 0 Å². The highest BCUT2D eigenvalue weighted by Crippen LogP contribution is 2.50. The molecule has 0 bridgehead atoms. The summed E-state index contributed by atoms with van der Waals surface area (Å²) in [5.41, 5.74) is 1.26. The Balaban J connectivity index is 1.76. The molecule has 1 fully saturated rings. The molecule has 2 heterocycles. The second kappa shape index (κ2) is 12.2. The van der Waals surface area contributed by atoms with Crippen LogP contribution >= 0.6 is 0 Å². The first kappa shape index (κ1) is 28.9. The quantitative estimate of drug-likeness (QED) is 0.200. The summed E-state index contributed by atoms with van der Waals surface area (Å²) in [6.45, 7) is 9.94. The number of hydrogen-bond acceptors (Lipinski definition) is 7. The number of aliphatic hydroxyl groups is 1. The summed E-state index contributed by atoms with van der Waals surface area (Å²) in [4.78, 5) is 25.2. The van der Waals surface area contributed by atoms with E-state index in [1.165, 1.54) is 20.0 Å². The van der Waals surface area contributed by atoms with Gasteiger partial charge in [0.05, 0.1) is 5.60 Å². The van der Waals surface area contributed by atoms with Crippen molar-refractivity contribution < 1.29 is 33.6 Å². The Kier molecular flexibility index (Phi) is 9.81. The largest absolute Gasteiger partial charge is 0.462 e. The maximum absolute atomic E-state index is 12.6. The maximum Gasteiger partial charge on any atom is 0.336 e. The van der Waals surface area contributed by atoms with Crippen LogP contribution in [0.25, 0.3) is 0 Å². The number of epoxide rings is 1. The SMILES string of the molecule is CCCCCCCC(=O)O[C@H]1CC[C@@]2(C)O[C@H]2[C@H](O)C2=C(C)C(=O)OC2(OC)C/C(C)=C/CC[C@H]1C. The molecule has 0 radical (unpaired) electrons. The smallest absolute Gasteiger partial charge is 0.336 e. The zero-order valence-electron chi connectivity index (χ0n) is 23.1. The van der Waals surface area contributed by atoms with Gasteiger partial charge in [-0.25, -0.2) is 4.79 Å². The Morgan fingerprint density at radius 3 is 2.61 bits per heavy atom. The molecule has 1 unspecified atom stereocenters.